The van der Waals surface area contributed by atoms with Gasteiger partial charge in [0.05, 0.1) is 9.79 Å². The summed E-state index contributed by atoms with van der Waals surface area (Å²) in [7, 11) is -7.21. The maximum absolute atomic E-state index is 12.7. The van der Waals surface area contributed by atoms with Gasteiger partial charge in [0, 0.05) is 25.7 Å². The van der Waals surface area contributed by atoms with Crippen LogP contribution in [0.25, 0.3) is 0 Å². The Morgan fingerprint density at radius 3 is 2.11 bits per heavy atom. The predicted molar refractivity (Wildman–Crippen MR) is 143 cm³/mol. The lowest BCUT2D eigenvalue weighted by Crippen LogP contribution is -2.29. The Balaban J connectivity index is 1.25. The van der Waals surface area contributed by atoms with Gasteiger partial charge in [-0.3, -0.25) is 4.79 Å². The normalized spacial score (nSPS) is 15.2. The lowest BCUT2D eigenvalue weighted by Gasteiger charge is -2.15. The molecule has 1 saturated heterocycles. The third-order valence-corrected chi connectivity index (χ3v) is 9.72. The van der Waals surface area contributed by atoms with E-state index in [1.807, 2.05) is 30.3 Å². The molecule has 0 saturated carbocycles. The summed E-state index contributed by atoms with van der Waals surface area (Å²) in [5.74, 6) is -0.0134. The predicted octanol–water partition coefficient (Wildman–Crippen LogP) is 3.21. The zero-order valence-electron chi connectivity index (χ0n) is 21.0. The van der Waals surface area contributed by atoms with E-state index < -0.39 is 26.1 Å². The summed E-state index contributed by atoms with van der Waals surface area (Å²) in [5, 5.41) is 2.73. The van der Waals surface area contributed by atoms with E-state index in [4.69, 9.17) is 4.74 Å². The maximum Gasteiger partial charge on any atom is 0.258 e. The first-order chi connectivity index (χ1) is 18.1. The van der Waals surface area contributed by atoms with Crippen molar-refractivity contribution in [2.24, 2.45) is 0 Å². The number of nitrogens with zero attached hydrogens (tertiary/aromatic N) is 1. The number of hydrogen-bond acceptors (Lipinski definition) is 6. The number of nitrogens with one attached hydrogen (secondary N) is 2. The van der Waals surface area contributed by atoms with Crippen molar-refractivity contribution in [2.75, 3.05) is 19.7 Å². The summed E-state index contributed by atoms with van der Waals surface area (Å²) in [4.78, 5) is 12.6. The molecule has 202 valence electrons. The van der Waals surface area contributed by atoms with E-state index in [0.29, 0.717) is 18.8 Å². The topological polar surface area (TPSA) is 122 Å². The zero-order chi connectivity index (χ0) is 27.2. The lowest BCUT2D eigenvalue weighted by atomic mass is 10.1. The third-order valence-electron chi connectivity index (χ3n) is 6.25. The molecule has 11 heteroatoms. The van der Waals surface area contributed by atoms with Gasteiger partial charge in [-0.1, -0.05) is 42.5 Å². The van der Waals surface area contributed by atoms with Gasteiger partial charge in [0.25, 0.3) is 5.91 Å². The Hall–Kier alpha value is -3.25. The smallest absolute Gasteiger partial charge is 0.258 e. The molecule has 1 amide bonds. The number of benzene rings is 3. The standard InChI is InChI=1S/C27H31N3O6S2/c1-21(23-7-3-2-4-8-23)29-37(32,33)25-15-11-24(12-16-25)36-20-27(31)28-19-22-9-13-26(14-10-22)38(34,35)30-17-5-6-18-30/h2-4,7-16,21,29H,5-6,17-20H2,1H3,(H,28,31). The molecule has 0 aromatic heterocycles. The number of rotatable bonds is 11. The second-order valence-corrected chi connectivity index (χ2v) is 12.7. The van der Waals surface area contributed by atoms with Crippen LogP contribution in [0.3, 0.4) is 0 Å². The number of hydrogen-bond donors (Lipinski definition) is 2. The molecule has 1 atom stereocenters. The zero-order valence-corrected chi connectivity index (χ0v) is 22.7. The molecule has 0 bridgehead atoms. The van der Waals surface area contributed by atoms with Crippen LogP contribution in [0.4, 0.5) is 0 Å². The number of carbonyl (C=O) groups is 1. The molecular formula is C27H31N3O6S2. The van der Waals surface area contributed by atoms with Crippen molar-refractivity contribution in [3.05, 3.63) is 90.0 Å². The van der Waals surface area contributed by atoms with Crippen LogP contribution in [0.2, 0.25) is 0 Å². The van der Waals surface area contributed by atoms with E-state index in [2.05, 4.69) is 10.0 Å². The summed E-state index contributed by atoms with van der Waals surface area (Å²) < 4.78 is 60.3. The second-order valence-electron chi connectivity index (χ2n) is 9.05. The van der Waals surface area contributed by atoms with Crippen LogP contribution in [-0.4, -0.2) is 46.7 Å². The molecule has 3 aromatic carbocycles. The molecule has 3 aromatic rings. The first-order valence-corrected chi connectivity index (χ1v) is 15.2. The highest BCUT2D eigenvalue weighted by Crippen LogP contribution is 2.22. The third kappa shape index (κ3) is 6.98. The first kappa shape index (κ1) is 27.8. The van der Waals surface area contributed by atoms with Gasteiger partial charge in [-0.05, 0) is 67.3 Å². The Morgan fingerprint density at radius 1 is 0.868 bits per heavy atom. The molecule has 1 heterocycles. The molecular weight excluding hydrogens is 526 g/mol. The van der Waals surface area contributed by atoms with E-state index in [0.717, 1.165) is 24.0 Å². The highest BCUT2D eigenvalue weighted by Gasteiger charge is 2.27. The first-order valence-electron chi connectivity index (χ1n) is 12.3. The van der Waals surface area contributed by atoms with Crippen LogP contribution in [-0.2, 0) is 31.4 Å². The number of amides is 1. The van der Waals surface area contributed by atoms with Gasteiger partial charge in [0.1, 0.15) is 5.75 Å². The van der Waals surface area contributed by atoms with Crippen molar-refractivity contribution in [3.63, 3.8) is 0 Å². The van der Waals surface area contributed by atoms with Crippen LogP contribution < -0.4 is 14.8 Å². The summed E-state index contributed by atoms with van der Waals surface area (Å²) in [6.45, 7) is 2.82. The van der Waals surface area contributed by atoms with Gasteiger partial charge in [0.2, 0.25) is 20.0 Å². The maximum atomic E-state index is 12.7. The number of sulfonamides is 2. The van der Waals surface area contributed by atoms with Crippen molar-refractivity contribution >= 4 is 26.0 Å². The Bertz CT molecular complexity index is 1440. The van der Waals surface area contributed by atoms with Crippen molar-refractivity contribution in [2.45, 2.75) is 42.1 Å². The van der Waals surface area contributed by atoms with Gasteiger partial charge >= 0.3 is 0 Å². The molecule has 9 nitrogen and oxygen atoms in total. The van der Waals surface area contributed by atoms with Crippen LogP contribution in [0.1, 0.15) is 36.9 Å². The molecule has 0 spiro atoms. The summed E-state index contributed by atoms with van der Waals surface area (Å²) in [6, 6.07) is 21.2. The van der Waals surface area contributed by atoms with Gasteiger partial charge in [-0.25, -0.2) is 21.6 Å². The van der Waals surface area contributed by atoms with E-state index in [1.54, 1.807) is 31.2 Å². The minimum atomic E-state index is -3.74. The van der Waals surface area contributed by atoms with Crippen LogP contribution in [0, 0.1) is 0 Å². The lowest BCUT2D eigenvalue weighted by molar-refractivity contribution is -0.123. The fourth-order valence-corrected chi connectivity index (χ4v) is 6.83. The minimum Gasteiger partial charge on any atom is -0.484 e. The number of ether oxygens (including phenoxy) is 1. The van der Waals surface area contributed by atoms with Gasteiger partial charge in [-0.2, -0.15) is 4.31 Å². The molecule has 0 aliphatic carbocycles. The minimum absolute atomic E-state index is 0.0901. The average molecular weight is 558 g/mol. The largest absolute Gasteiger partial charge is 0.484 e. The second kappa shape index (κ2) is 12.1. The van der Waals surface area contributed by atoms with Crippen molar-refractivity contribution < 1.29 is 26.4 Å². The molecule has 1 unspecified atom stereocenters. The Labute approximate surface area is 223 Å². The quantitative estimate of drug-likeness (QED) is 0.373. The number of carbonyl (C=O) groups excluding carboxylic acids is 1. The van der Waals surface area contributed by atoms with Gasteiger partial charge in [0.15, 0.2) is 6.61 Å². The van der Waals surface area contributed by atoms with Crippen LogP contribution in [0.15, 0.2) is 88.7 Å². The molecule has 1 aliphatic heterocycles. The molecule has 1 fully saturated rings. The van der Waals surface area contributed by atoms with Crippen LogP contribution in [0.5, 0.6) is 5.75 Å². The highest BCUT2D eigenvalue weighted by molar-refractivity contribution is 7.89. The Morgan fingerprint density at radius 2 is 1.47 bits per heavy atom. The van der Waals surface area contributed by atoms with Gasteiger partial charge < -0.3 is 10.1 Å². The molecule has 2 N–H and O–H groups in total. The fourth-order valence-electron chi connectivity index (χ4n) is 4.08. The summed E-state index contributed by atoms with van der Waals surface area (Å²) >= 11 is 0. The summed E-state index contributed by atoms with van der Waals surface area (Å²) in [6.07, 6.45) is 1.75. The highest BCUT2D eigenvalue weighted by atomic mass is 32.2. The fraction of sp³-hybridized carbons (Fsp3) is 0.296. The molecule has 0 radical (unpaired) electrons. The van der Waals surface area contributed by atoms with Gasteiger partial charge in [-0.15, -0.1) is 0 Å². The molecule has 38 heavy (non-hydrogen) atoms. The van der Waals surface area contributed by atoms with Crippen molar-refractivity contribution in [3.8, 4) is 5.75 Å². The van der Waals surface area contributed by atoms with E-state index >= 15 is 0 Å². The SMILES string of the molecule is CC(NS(=O)(=O)c1ccc(OCC(=O)NCc2ccc(S(=O)(=O)N3CCCC3)cc2)cc1)c1ccccc1. The average Bonchev–Trinajstić information content (AvgIpc) is 3.48. The van der Waals surface area contributed by atoms with E-state index in [-0.39, 0.29) is 28.8 Å². The monoisotopic (exact) mass is 557 g/mol. The molecule has 1 aliphatic rings. The van der Waals surface area contributed by atoms with E-state index in [1.165, 1.54) is 28.6 Å². The van der Waals surface area contributed by atoms with Crippen LogP contribution >= 0.6 is 0 Å². The summed E-state index contributed by atoms with van der Waals surface area (Å²) in [5.41, 5.74) is 1.61. The Kier molecular flexibility index (Phi) is 8.83. The van der Waals surface area contributed by atoms with Crippen molar-refractivity contribution in [1.82, 2.24) is 14.3 Å². The van der Waals surface area contributed by atoms with Crippen molar-refractivity contribution in [1.29, 1.82) is 0 Å². The van der Waals surface area contributed by atoms with E-state index in [9.17, 15) is 21.6 Å². The molecule has 4 rings (SSSR count).